The summed E-state index contributed by atoms with van der Waals surface area (Å²) in [6, 6.07) is 16.6. The maximum Gasteiger partial charge on any atom is 0.124 e. The van der Waals surface area contributed by atoms with Crippen LogP contribution in [0, 0.1) is 5.92 Å². The highest BCUT2D eigenvalue weighted by atomic mass is 35.5. The molecule has 1 saturated carbocycles. The highest BCUT2D eigenvalue weighted by Crippen LogP contribution is 2.51. The summed E-state index contributed by atoms with van der Waals surface area (Å²) >= 11 is 6.48. The Morgan fingerprint density at radius 1 is 1.11 bits per heavy atom. The number of rotatable bonds is 5. The molecule has 1 aliphatic carbocycles. The van der Waals surface area contributed by atoms with Gasteiger partial charge >= 0.3 is 0 Å². The predicted molar refractivity (Wildman–Crippen MR) is 114 cm³/mol. The van der Waals surface area contributed by atoms with Crippen LogP contribution in [0.3, 0.4) is 0 Å². The lowest BCUT2D eigenvalue weighted by molar-refractivity contribution is -0.126. The molecule has 1 saturated heterocycles. The van der Waals surface area contributed by atoms with Crippen LogP contribution in [0.15, 0.2) is 48.5 Å². The topological polar surface area (TPSA) is 32.7 Å². The summed E-state index contributed by atoms with van der Waals surface area (Å²) in [7, 11) is 0. The molecule has 3 atom stereocenters. The van der Waals surface area contributed by atoms with Crippen LogP contribution >= 0.6 is 11.6 Å². The zero-order valence-electron chi connectivity index (χ0n) is 16.6. The average Bonchev–Trinajstić information content (AvgIpc) is 2.70. The summed E-state index contributed by atoms with van der Waals surface area (Å²) in [5.41, 5.74) is 1.77. The van der Waals surface area contributed by atoms with Gasteiger partial charge in [0.25, 0.3) is 0 Å². The minimum absolute atomic E-state index is 0.137. The van der Waals surface area contributed by atoms with E-state index in [-0.39, 0.29) is 12.0 Å². The molecule has 28 heavy (non-hydrogen) atoms. The first-order chi connectivity index (χ1) is 13.6. The summed E-state index contributed by atoms with van der Waals surface area (Å²) in [5, 5.41) is 12.3. The van der Waals surface area contributed by atoms with Gasteiger partial charge in [0.05, 0.1) is 12.2 Å². The Hall–Kier alpha value is -1.55. The van der Waals surface area contributed by atoms with Gasteiger partial charge in [-0.2, -0.15) is 0 Å². The number of ether oxygens (including phenoxy) is 1. The van der Waals surface area contributed by atoms with Crippen LogP contribution < -0.4 is 4.74 Å². The number of benzene rings is 2. The maximum atomic E-state index is 11.5. The molecular formula is C24H30ClNO2. The second-order valence-electron chi connectivity index (χ2n) is 8.18. The third-order valence-electron chi connectivity index (χ3n) is 6.54. The molecule has 1 N–H and O–H groups in total. The first kappa shape index (κ1) is 19.8. The van der Waals surface area contributed by atoms with Crippen molar-refractivity contribution in [1.82, 2.24) is 4.90 Å². The van der Waals surface area contributed by atoms with Gasteiger partial charge in [0.1, 0.15) is 5.75 Å². The number of hydrogen-bond acceptors (Lipinski definition) is 3. The van der Waals surface area contributed by atoms with Crippen molar-refractivity contribution in [3.8, 4) is 5.75 Å². The largest absolute Gasteiger partial charge is 0.494 e. The van der Waals surface area contributed by atoms with Crippen molar-refractivity contribution in [3.05, 3.63) is 64.7 Å². The van der Waals surface area contributed by atoms with Crippen LogP contribution in [-0.4, -0.2) is 28.8 Å². The standard InChI is InChI=1S/C24H30ClNO2/c1-2-28-22-13-6-4-10-19(22)23-20-11-7-8-14-24(20,27)15-16-26(23)17-18-9-3-5-12-21(18)25/h3-6,9-10,12-13,20,23,27H,2,7-8,11,14-17H2,1H3/t20-,23+,24+/m1/s1. The van der Waals surface area contributed by atoms with Gasteiger partial charge in [-0.15, -0.1) is 0 Å². The van der Waals surface area contributed by atoms with Gasteiger partial charge < -0.3 is 9.84 Å². The van der Waals surface area contributed by atoms with Crippen LogP contribution in [0.2, 0.25) is 5.02 Å². The van der Waals surface area contributed by atoms with E-state index in [0.29, 0.717) is 6.61 Å². The molecule has 1 heterocycles. The summed E-state index contributed by atoms with van der Waals surface area (Å²) < 4.78 is 5.99. The number of aliphatic hydroxyl groups is 1. The molecule has 0 spiro atoms. The Balaban J connectivity index is 1.74. The van der Waals surface area contributed by atoms with E-state index in [4.69, 9.17) is 16.3 Å². The molecule has 3 nitrogen and oxygen atoms in total. The molecule has 4 heteroatoms. The van der Waals surface area contributed by atoms with E-state index in [1.807, 2.05) is 31.2 Å². The fourth-order valence-corrected chi connectivity index (χ4v) is 5.39. The van der Waals surface area contributed by atoms with Crippen molar-refractivity contribution < 1.29 is 9.84 Å². The summed E-state index contributed by atoms with van der Waals surface area (Å²) in [6.07, 6.45) is 5.10. The molecule has 2 aliphatic rings. The third kappa shape index (κ3) is 3.80. The van der Waals surface area contributed by atoms with E-state index in [1.165, 1.54) is 12.0 Å². The Kier molecular flexibility index (Phi) is 5.96. The SMILES string of the molecule is CCOc1ccccc1[C@H]1[C@H]2CCCC[C@]2(O)CCN1Cc1ccccc1Cl. The van der Waals surface area contributed by atoms with Crippen molar-refractivity contribution in [2.24, 2.45) is 5.92 Å². The fraction of sp³-hybridized carbons (Fsp3) is 0.500. The van der Waals surface area contributed by atoms with Crippen molar-refractivity contribution >= 4 is 11.6 Å². The van der Waals surface area contributed by atoms with E-state index >= 15 is 0 Å². The van der Waals surface area contributed by atoms with Crippen LogP contribution in [0.25, 0.3) is 0 Å². The van der Waals surface area contributed by atoms with E-state index in [0.717, 1.165) is 55.1 Å². The van der Waals surface area contributed by atoms with E-state index in [2.05, 4.69) is 29.2 Å². The van der Waals surface area contributed by atoms with E-state index in [9.17, 15) is 5.11 Å². The molecular weight excluding hydrogens is 370 g/mol. The number of hydrogen-bond donors (Lipinski definition) is 1. The number of para-hydroxylation sites is 1. The monoisotopic (exact) mass is 399 g/mol. The zero-order valence-corrected chi connectivity index (χ0v) is 17.4. The minimum Gasteiger partial charge on any atom is -0.494 e. The Bertz CT molecular complexity index is 811. The molecule has 150 valence electrons. The molecule has 1 aliphatic heterocycles. The van der Waals surface area contributed by atoms with Crippen molar-refractivity contribution in [2.75, 3.05) is 13.2 Å². The molecule has 2 aromatic rings. The molecule has 4 rings (SSSR count). The molecule has 0 amide bonds. The van der Waals surface area contributed by atoms with Gasteiger partial charge in [0.15, 0.2) is 0 Å². The Morgan fingerprint density at radius 2 is 1.89 bits per heavy atom. The molecule has 0 bridgehead atoms. The summed E-state index contributed by atoms with van der Waals surface area (Å²) in [5.74, 6) is 1.16. The van der Waals surface area contributed by atoms with Gasteiger partial charge in [-0.25, -0.2) is 0 Å². The first-order valence-electron chi connectivity index (χ1n) is 10.5. The normalized spacial score (nSPS) is 28.0. The summed E-state index contributed by atoms with van der Waals surface area (Å²) in [4.78, 5) is 2.50. The van der Waals surface area contributed by atoms with Crippen molar-refractivity contribution in [1.29, 1.82) is 0 Å². The Labute approximate surface area is 173 Å². The van der Waals surface area contributed by atoms with Gasteiger partial charge in [0.2, 0.25) is 0 Å². The van der Waals surface area contributed by atoms with E-state index < -0.39 is 5.60 Å². The number of halogens is 1. The smallest absolute Gasteiger partial charge is 0.124 e. The number of piperidine rings is 1. The fourth-order valence-electron chi connectivity index (χ4n) is 5.19. The highest BCUT2D eigenvalue weighted by molar-refractivity contribution is 6.31. The van der Waals surface area contributed by atoms with Crippen LogP contribution in [0.4, 0.5) is 0 Å². The minimum atomic E-state index is -0.570. The maximum absolute atomic E-state index is 11.5. The molecule has 0 unspecified atom stereocenters. The molecule has 2 fully saturated rings. The van der Waals surface area contributed by atoms with Crippen molar-refractivity contribution in [2.45, 2.75) is 57.2 Å². The first-order valence-corrected chi connectivity index (χ1v) is 10.9. The van der Waals surface area contributed by atoms with Crippen LogP contribution in [0.1, 0.15) is 56.2 Å². The van der Waals surface area contributed by atoms with Gasteiger partial charge in [-0.1, -0.05) is 60.8 Å². The second kappa shape index (κ2) is 8.44. The Morgan fingerprint density at radius 3 is 2.71 bits per heavy atom. The average molecular weight is 400 g/mol. The van der Waals surface area contributed by atoms with Gasteiger partial charge in [0, 0.05) is 35.6 Å². The third-order valence-corrected chi connectivity index (χ3v) is 6.91. The van der Waals surface area contributed by atoms with Crippen molar-refractivity contribution in [3.63, 3.8) is 0 Å². The number of nitrogens with zero attached hydrogens (tertiary/aromatic N) is 1. The number of fused-ring (bicyclic) bond motifs is 1. The second-order valence-corrected chi connectivity index (χ2v) is 8.59. The van der Waals surface area contributed by atoms with Crippen LogP contribution in [-0.2, 0) is 6.54 Å². The quantitative estimate of drug-likeness (QED) is 0.709. The molecule has 2 aromatic carbocycles. The predicted octanol–water partition coefficient (Wildman–Crippen LogP) is 5.61. The zero-order chi connectivity index (χ0) is 19.6. The lowest BCUT2D eigenvalue weighted by Crippen LogP contribution is -2.54. The molecule has 0 aromatic heterocycles. The molecule has 0 radical (unpaired) electrons. The summed E-state index contributed by atoms with van der Waals surface area (Å²) in [6.45, 7) is 4.32. The lowest BCUT2D eigenvalue weighted by Gasteiger charge is -2.53. The van der Waals surface area contributed by atoms with Gasteiger partial charge in [-0.3, -0.25) is 4.90 Å². The lowest BCUT2D eigenvalue weighted by atomic mass is 9.66. The number of likely N-dealkylation sites (tertiary alicyclic amines) is 1. The highest BCUT2D eigenvalue weighted by Gasteiger charge is 2.49. The van der Waals surface area contributed by atoms with Gasteiger partial charge in [-0.05, 0) is 43.9 Å². The van der Waals surface area contributed by atoms with Crippen LogP contribution in [0.5, 0.6) is 5.75 Å². The van der Waals surface area contributed by atoms with E-state index in [1.54, 1.807) is 0 Å².